The number of rotatable bonds is 1. The lowest BCUT2D eigenvalue weighted by molar-refractivity contribution is 0.121. The molecule has 0 spiro atoms. The minimum Gasteiger partial charge on any atom is -0.396 e. The summed E-state index contributed by atoms with van der Waals surface area (Å²) in [5.41, 5.74) is 6.82. The van der Waals surface area contributed by atoms with Gasteiger partial charge in [-0.25, -0.2) is 4.98 Å². The van der Waals surface area contributed by atoms with Crippen molar-refractivity contribution in [3.05, 3.63) is 18.3 Å². The molecule has 1 aliphatic carbocycles. The van der Waals surface area contributed by atoms with Crippen LogP contribution in [-0.4, -0.2) is 30.8 Å². The molecule has 2 atom stereocenters. The standard InChI is InChI=1S/C13H19N3O/c14-11-4-2-6-15-13(11)16-7-8-17-9-10-3-1-5-12(10)16/h2,4,6,10,12H,1,3,5,7-9,14H2/t10-,12-/m0/s1. The van der Waals surface area contributed by atoms with Crippen molar-refractivity contribution in [3.8, 4) is 0 Å². The minimum absolute atomic E-state index is 0.565. The number of pyridine rings is 1. The SMILES string of the molecule is Nc1cccnc1N1CCOC[C@@H]2CCC[C@@H]21. The number of nitrogen functional groups attached to an aromatic ring is 1. The first-order chi connectivity index (χ1) is 8.36. The second-order valence-electron chi connectivity index (χ2n) is 4.94. The molecule has 2 fully saturated rings. The number of ether oxygens (including phenoxy) is 1. The van der Waals surface area contributed by atoms with Crippen LogP contribution in [0.5, 0.6) is 0 Å². The molecule has 92 valence electrons. The van der Waals surface area contributed by atoms with E-state index < -0.39 is 0 Å². The van der Waals surface area contributed by atoms with Crippen molar-refractivity contribution in [2.24, 2.45) is 5.92 Å². The summed E-state index contributed by atoms with van der Waals surface area (Å²) in [4.78, 5) is 6.81. The Morgan fingerprint density at radius 2 is 2.35 bits per heavy atom. The number of aromatic nitrogens is 1. The van der Waals surface area contributed by atoms with E-state index in [1.54, 1.807) is 0 Å². The van der Waals surface area contributed by atoms with Gasteiger partial charge in [-0.3, -0.25) is 0 Å². The van der Waals surface area contributed by atoms with Gasteiger partial charge in [-0.05, 0) is 25.0 Å². The third kappa shape index (κ3) is 1.97. The minimum atomic E-state index is 0.565. The molecular formula is C13H19N3O. The molecule has 1 aliphatic heterocycles. The predicted molar refractivity (Wildman–Crippen MR) is 67.9 cm³/mol. The summed E-state index contributed by atoms with van der Waals surface area (Å²) in [5, 5.41) is 0. The van der Waals surface area contributed by atoms with Gasteiger partial charge < -0.3 is 15.4 Å². The van der Waals surface area contributed by atoms with Crippen LogP contribution in [0.4, 0.5) is 11.5 Å². The first-order valence-electron chi connectivity index (χ1n) is 6.41. The highest BCUT2D eigenvalue weighted by Gasteiger charge is 2.35. The third-order valence-electron chi connectivity index (χ3n) is 3.92. The van der Waals surface area contributed by atoms with Gasteiger partial charge >= 0.3 is 0 Å². The van der Waals surface area contributed by atoms with Crippen molar-refractivity contribution in [2.75, 3.05) is 30.4 Å². The van der Waals surface area contributed by atoms with E-state index in [0.29, 0.717) is 12.0 Å². The van der Waals surface area contributed by atoms with Crippen LogP contribution in [0, 0.1) is 5.92 Å². The smallest absolute Gasteiger partial charge is 0.152 e. The lowest BCUT2D eigenvalue weighted by Crippen LogP contribution is -2.39. The Kier molecular flexibility index (Phi) is 2.89. The number of hydrogen-bond acceptors (Lipinski definition) is 4. The molecule has 17 heavy (non-hydrogen) atoms. The van der Waals surface area contributed by atoms with E-state index in [9.17, 15) is 0 Å². The lowest BCUT2D eigenvalue weighted by Gasteiger charge is -2.31. The summed E-state index contributed by atoms with van der Waals surface area (Å²) in [7, 11) is 0. The number of nitrogens with zero attached hydrogens (tertiary/aromatic N) is 2. The van der Waals surface area contributed by atoms with Crippen LogP contribution in [0.25, 0.3) is 0 Å². The van der Waals surface area contributed by atoms with Crippen LogP contribution in [0.1, 0.15) is 19.3 Å². The van der Waals surface area contributed by atoms with Gasteiger partial charge in [0.15, 0.2) is 5.82 Å². The molecule has 0 amide bonds. The largest absolute Gasteiger partial charge is 0.396 e. The van der Waals surface area contributed by atoms with Gasteiger partial charge in [0.2, 0.25) is 0 Å². The van der Waals surface area contributed by atoms with Crippen LogP contribution in [0.3, 0.4) is 0 Å². The Labute approximate surface area is 102 Å². The molecule has 2 aliphatic rings. The lowest BCUT2D eigenvalue weighted by atomic mass is 10.0. The Hall–Kier alpha value is -1.29. The average Bonchev–Trinajstić information content (AvgIpc) is 2.71. The maximum atomic E-state index is 6.04. The predicted octanol–water partition coefficient (Wildman–Crippen LogP) is 1.67. The Morgan fingerprint density at radius 3 is 3.24 bits per heavy atom. The van der Waals surface area contributed by atoms with Gasteiger partial charge in [-0.2, -0.15) is 0 Å². The molecule has 4 heteroatoms. The van der Waals surface area contributed by atoms with Crippen LogP contribution in [-0.2, 0) is 4.74 Å². The van der Waals surface area contributed by atoms with E-state index in [4.69, 9.17) is 10.5 Å². The number of anilines is 2. The van der Waals surface area contributed by atoms with Gasteiger partial charge in [-0.1, -0.05) is 6.42 Å². The maximum Gasteiger partial charge on any atom is 0.152 e. The quantitative estimate of drug-likeness (QED) is 0.801. The molecule has 0 aromatic carbocycles. The number of fused-ring (bicyclic) bond motifs is 1. The first kappa shape index (κ1) is 10.8. The van der Waals surface area contributed by atoms with Gasteiger partial charge in [0.25, 0.3) is 0 Å². The molecule has 0 unspecified atom stereocenters. The Balaban J connectivity index is 1.92. The van der Waals surface area contributed by atoms with Crippen molar-refractivity contribution in [2.45, 2.75) is 25.3 Å². The maximum absolute atomic E-state index is 6.04. The van der Waals surface area contributed by atoms with Gasteiger partial charge in [0, 0.05) is 24.7 Å². The Bertz CT molecular complexity index is 396. The van der Waals surface area contributed by atoms with Crippen molar-refractivity contribution in [1.29, 1.82) is 0 Å². The summed E-state index contributed by atoms with van der Waals surface area (Å²) in [5.74, 6) is 1.59. The molecule has 1 saturated carbocycles. The van der Waals surface area contributed by atoms with Gasteiger partial charge in [0.05, 0.1) is 18.9 Å². The molecule has 2 N–H and O–H groups in total. The topological polar surface area (TPSA) is 51.4 Å². The van der Waals surface area contributed by atoms with Crippen molar-refractivity contribution < 1.29 is 4.74 Å². The third-order valence-corrected chi connectivity index (χ3v) is 3.92. The molecule has 3 rings (SSSR count). The second kappa shape index (κ2) is 4.53. The normalized spacial score (nSPS) is 28.8. The summed E-state index contributed by atoms with van der Waals surface area (Å²) >= 11 is 0. The molecule has 1 aromatic rings. The summed E-state index contributed by atoms with van der Waals surface area (Å²) in [6.07, 6.45) is 5.63. The van der Waals surface area contributed by atoms with E-state index in [1.165, 1.54) is 19.3 Å². The van der Waals surface area contributed by atoms with Crippen molar-refractivity contribution in [3.63, 3.8) is 0 Å². The molecule has 0 bridgehead atoms. The van der Waals surface area contributed by atoms with E-state index in [2.05, 4.69) is 9.88 Å². The van der Waals surface area contributed by atoms with Crippen LogP contribution >= 0.6 is 0 Å². The zero-order valence-corrected chi connectivity index (χ0v) is 10.0. The molecule has 1 saturated heterocycles. The fourth-order valence-corrected chi connectivity index (χ4v) is 3.10. The van der Waals surface area contributed by atoms with E-state index >= 15 is 0 Å². The molecule has 2 heterocycles. The van der Waals surface area contributed by atoms with E-state index in [1.807, 2.05) is 18.3 Å². The Morgan fingerprint density at radius 1 is 1.41 bits per heavy atom. The highest BCUT2D eigenvalue weighted by atomic mass is 16.5. The van der Waals surface area contributed by atoms with Crippen LogP contribution < -0.4 is 10.6 Å². The zero-order valence-electron chi connectivity index (χ0n) is 10.0. The summed E-state index contributed by atoms with van der Waals surface area (Å²) in [6.45, 7) is 2.58. The van der Waals surface area contributed by atoms with E-state index in [0.717, 1.165) is 31.3 Å². The highest BCUT2D eigenvalue weighted by molar-refractivity contribution is 5.62. The fourth-order valence-electron chi connectivity index (χ4n) is 3.10. The van der Waals surface area contributed by atoms with Crippen LogP contribution in [0.15, 0.2) is 18.3 Å². The molecule has 4 nitrogen and oxygen atoms in total. The monoisotopic (exact) mass is 233 g/mol. The first-order valence-corrected chi connectivity index (χ1v) is 6.41. The van der Waals surface area contributed by atoms with Crippen molar-refractivity contribution >= 4 is 11.5 Å². The summed E-state index contributed by atoms with van der Waals surface area (Å²) < 4.78 is 5.69. The zero-order chi connectivity index (χ0) is 11.7. The van der Waals surface area contributed by atoms with Crippen LogP contribution in [0.2, 0.25) is 0 Å². The van der Waals surface area contributed by atoms with Gasteiger partial charge in [0.1, 0.15) is 0 Å². The second-order valence-corrected chi connectivity index (χ2v) is 4.94. The number of hydrogen-bond donors (Lipinski definition) is 1. The summed E-state index contributed by atoms with van der Waals surface area (Å²) in [6, 6.07) is 4.38. The number of nitrogens with two attached hydrogens (primary N) is 1. The highest BCUT2D eigenvalue weighted by Crippen LogP contribution is 2.35. The van der Waals surface area contributed by atoms with E-state index in [-0.39, 0.29) is 0 Å². The average molecular weight is 233 g/mol. The van der Waals surface area contributed by atoms with Gasteiger partial charge in [-0.15, -0.1) is 0 Å². The van der Waals surface area contributed by atoms with Crippen molar-refractivity contribution in [1.82, 2.24) is 4.98 Å². The molecular weight excluding hydrogens is 214 g/mol. The molecule has 0 radical (unpaired) electrons. The fraction of sp³-hybridized carbons (Fsp3) is 0.615. The molecule has 1 aromatic heterocycles.